The Morgan fingerprint density at radius 2 is 1.95 bits per heavy atom. The van der Waals surface area contributed by atoms with Crippen molar-refractivity contribution in [3.05, 3.63) is 53.9 Å². The van der Waals surface area contributed by atoms with Crippen molar-refractivity contribution >= 4 is 0 Å². The number of aromatic nitrogens is 1. The highest BCUT2D eigenvalue weighted by atomic mass is 16.5. The molecule has 0 saturated carbocycles. The molecule has 1 aromatic carbocycles. The topological polar surface area (TPSA) is 26.2 Å². The summed E-state index contributed by atoms with van der Waals surface area (Å²) in [6.07, 6.45) is 5.56. The highest BCUT2D eigenvalue weighted by Crippen LogP contribution is 2.14. The van der Waals surface area contributed by atoms with Gasteiger partial charge in [0.25, 0.3) is 0 Å². The van der Waals surface area contributed by atoms with Crippen LogP contribution < -0.4 is 5.32 Å². The second kappa shape index (κ2) is 9.44. The van der Waals surface area contributed by atoms with Gasteiger partial charge in [-0.3, -0.25) is 0 Å². The molecule has 0 atom stereocenters. The molecule has 1 aromatic heterocycles. The number of ether oxygens (including phenoxy) is 1. The van der Waals surface area contributed by atoms with Crippen LogP contribution in [-0.2, 0) is 11.3 Å². The van der Waals surface area contributed by atoms with Crippen LogP contribution in [0.1, 0.15) is 37.4 Å². The van der Waals surface area contributed by atoms with E-state index in [4.69, 9.17) is 4.74 Å². The summed E-state index contributed by atoms with van der Waals surface area (Å²) in [4.78, 5) is 0. The number of benzene rings is 1. The lowest BCUT2D eigenvalue weighted by atomic mass is 10.2. The largest absolute Gasteiger partial charge is 0.381 e. The third-order valence-electron chi connectivity index (χ3n) is 3.70. The summed E-state index contributed by atoms with van der Waals surface area (Å²) < 4.78 is 7.82. The third kappa shape index (κ3) is 5.32. The molecule has 0 aliphatic heterocycles. The molecule has 0 saturated heterocycles. The van der Waals surface area contributed by atoms with Crippen molar-refractivity contribution in [2.45, 2.75) is 39.7 Å². The number of hydrogen-bond acceptors (Lipinski definition) is 2. The lowest BCUT2D eigenvalue weighted by Crippen LogP contribution is -2.18. The Morgan fingerprint density at radius 3 is 2.77 bits per heavy atom. The fourth-order valence-corrected chi connectivity index (χ4v) is 2.45. The fraction of sp³-hybridized carbons (Fsp3) is 0.474. The second-order valence-electron chi connectivity index (χ2n) is 5.70. The van der Waals surface area contributed by atoms with Gasteiger partial charge in [0.05, 0.1) is 0 Å². The lowest BCUT2D eigenvalue weighted by Gasteiger charge is -2.11. The van der Waals surface area contributed by atoms with Crippen LogP contribution in [0.2, 0.25) is 0 Å². The van der Waals surface area contributed by atoms with Gasteiger partial charge in [0.15, 0.2) is 0 Å². The molecule has 3 nitrogen and oxygen atoms in total. The van der Waals surface area contributed by atoms with Crippen LogP contribution in [0, 0.1) is 6.92 Å². The summed E-state index contributed by atoms with van der Waals surface area (Å²) in [5.74, 6) is 0. The Balaban J connectivity index is 1.74. The molecule has 3 heteroatoms. The summed E-state index contributed by atoms with van der Waals surface area (Å²) in [6.45, 7) is 7.94. The molecule has 0 unspecified atom stereocenters. The van der Waals surface area contributed by atoms with Crippen LogP contribution in [-0.4, -0.2) is 24.3 Å². The highest BCUT2D eigenvalue weighted by molar-refractivity contribution is 5.37. The van der Waals surface area contributed by atoms with Gasteiger partial charge in [0.1, 0.15) is 0 Å². The van der Waals surface area contributed by atoms with Gasteiger partial charge in [-0.1, -0.05) is 25.5 Å². The first-order chi connectivity index (χ1) is 10.8. The van der Waals surface area contributed by atoms with Crippen LogP contribution in [0.5, 0.6) is 0 Å². The smallest absolute Gasteiger partial charge is 0.0478 e. The predicted octanol–water partition coefficient (Wildman–Crippen LogP) is 4.08. The molecule has 0 spiro atoms. The van der Waals surface area contributed by atoms with E-state index in [9.17, 15) is 0 Å². The first-order valence-corrected chi connectivity index (χ1v) is 8.33. The molecule has 2 rings (SSSR count). The summed E-state index contributed by atoms with van der Waals surface area (Å²) in [6, 6.07) is 12.9. The molecule has 1 heterocycles. The van der Waals surface area contributed by atoms with Crippen molar-refractivity contribution in [3.8, 4) is 5.69 Å². The van der Waals surface area contributed by atoms with Gasteiger partial charge >= 0.3 is 0 Å². The van der Waals surface area contributed by atoms with Crippen molar-refractivity contribution in [3.63, 3.8) is 0 Å². The molecular weight excluding hydrogens is 272 g/mol. The Morgan fingerprint density at radius 1 is 1.09 bits per heavy atom. The van der Waals surface area contributed by atoms with Gasteiger partial charge < -0.3 is 14.6 Å². The minimum Gasteiger partial charge on any atom is -0.381 e. The average molecular weight is 300 g/mol. The van der Waals surface area contributed by atoms with Gasteiger partial charge in [-0.15, -0.1) is 0 Å². The van der Waals surface area contributed by atoms with Crippen molar-refractivity contribution in [1.82, 2.24) is 9.88 Å². The van der Waals surface area contributed by atoms with Crippen LogP contribution in [0.3, 0.4) is 0 Å². The quantitative estimate of drug-likeness (QED) is 0.669. The van der Waals surface area contributed by atoms with Crippen LogP contribution in [0.15, 0.2) is 42.6 Å². The zero-order valence-corrected chi connectivity index (χ0v) is 13.8. The molecule has 0 radical (unpaired) electrons. The molecule has 1 N–H and O–H groups in total. The number of unbranched alkanes of at least 4 members (excludes halogenated alkanes) is 1. The predicted molar refractivity (Wildman–Crippen MR) is 92.6 cm³/mol. The van der Waals surface area contributed by atoms with Crippen LogP contribution in [0.4, 0.5) is 0 Å². The number of nitrogens with zero attached hydrogens (tertiary/aromatic N) is 1. The van der Waals surface area contributed by atoms with E-state index >= 15 is 0 Å². The molecular formula is C19H28N2O. The van der Waals surface area contributed by atoms with E-state index in [0.29, 0.717) is 0 Å². The van der Waals surface area contributed by atoms with Crippen LogP contribution >= 0.6 is 0 Å². The normalized spacial score (nSPS) is 11.0. The van der Waals surface area contributed by atoms with Gasteiger partial charge in [-0.2, -0.15) is 0 Å². The van der Waals surface area contributed by atoms with E-state index in [1.165, 1.54) is 23.4 Å². The molecule has 120 valence electrons. The maximum Gasteiger partial charge on any atom is 0.0478 e. The Bertz CT molecular complexity index is 548. The van der Waals surface area contributed by atoms with Gasteiger partial charge in [-0.25, -0.2) is 0 Å². The molecule has 0 aliphatic carbocycles. The monoisotopic (exact) mass is 300 g/mol. The Hall–Kier alpha value is -1.58. The molecule has 0 amide bonds. The second-order valence-corrected chi connectivity index (χ2v) is 5.70. The van der Waals surface area contributed by atoms with Crippen molar-refractivity contribution in [1.29, 1.82) is 0 Å². The standard InChI is InChI=1S/C19H28N2O/c1-3-4-13-22-14-7-11-20-16-19-10-6-12-21(19)18-9-5-8-17(2)15-18/h5-6,8-10,12,15,20H,3-4,7,11,13-14,16H2,1-2H3. The zero-order valence-electron chi connectivity index (χ0n) is 13.8. The summed E-state index contributed by atoms with van der Waals surface area (Å²) in [5.41, 5.74) is 3.80. The van der Waals surface area contributed by atoms with E-state index in [0.717, 1.165) is 39.1 Å². The van der Waals surface area contributed by atoms with E-state index < -0.39 is 0 Å². The molecule has 0 bridgehead atoms. The first-order valence-electron chi connectivity index (χ1n) is 8.33. The van der Waals surface area contributed by atoms with E-state index in [2.05, 4.69) is 66.3 Å². The SMILES string of the molecule is CCCCOCCCNCc1cccn1-c1cccc(C)c1. The fourth-order valence-electron chi connectivity index (χ4n) is 2.45. The summed E-state index contributed by atoms with van der Waals surface area (Å²) >= 11 is 0. The molecule has 0 fully saturated rings. The molecule has 0 aliphatic rings. The summed E-state index contributed by atoms with van der Waals surface area (Å²) in [7, 11) is 0. The van der Waals surface area contributed by atoms with Gasteiger partial charge in [0.2, 0.25) is 0 Å². The number of aryl methyl sites for hydroxylation is 1. The summed E-state index contributed by atoms with van der Waals surface area (Å²) in [5, 5.41) is 3.50. The van der Waals surface area contributed by atoms with Crippen molar-refractivity contribution in [2.75, 3.05) is 19.8 Å². The lowest BCUT2D eigenvalue weighted by molar-refractivity contribution is 0.128. The average Bonchev–Trinajstić information content (AvgIpc) is 2.98. The molecule has 2 aromatic rings. The Labute approximate surface area is 134 Å². The maximum atomic E-state index is 5.57. The minimum atomic E-state index is 0.853. The first kappa shape index (κ1) is 16.8. The van der Waals surface area contributed by atoms with Gasteiger partial charge in [0, 0.05) is 37.3 Å². The highest BCUT2D eigenvalue weighted by Gasteiger charge is 2.03. The van der Waals surface area contributed by atoms with E-state index in [1.54, 1.807) is 0 Å². The molecule has 22 heavy (non-hydrogen) atoms. The third-order valence-corrected chi connectivity index (χ3v) is 3.70. The van der Waals surface area contributed by atoms with E-state index in [-0.39, 0.29) is 0 Å². The van der Waals surface area contributed by atoms with Crippen LogP contribution in [0.25, 0.3) is 5.69 Å². The minimum absolute atomic E-state index is 0.853. The van der Waals surface area contributed by atoms with Gasteiger partial charge in [-0.05, 0) is 56.1 Å². The van der Waals surface area contributed by atoms with Crippen molar-refractivity contribution < 1.29 is 4.74 Å². The zero-order chi connectivity index (χ0) is 15.6. The maximum absolute atomic E-state index is 5.57. The number of rotatable bonds is 10. The van der Waals surface area contributed by atoms with Crippen molar-refractivity contribution in [2.24, 2.45) is 0 Å². The number of hydrogen-bond donors (Lipinski definition) is 1. The van der Waals surface area contributed by atoms with E-state index in [1.807, 2.05) is 0 Å². The number of nitrogens with one attached hydrogen (secondary N) is 1. The Kier molecular flexibility index (Phi) is 7.20.